The van der Waals surface area contributed by atoms with Gasteiger partial charge in [-0.1, -0.05) is 47.1 Å². The average molecular weight is 365 g/mol. The Morgan fingerprint density at radius 2 is 2.04 bits per heavy atom. The van der Waals surface area contributed by atoms with Crippen LogP contribution in [0.3, 0.4) is 0 Å². The van der Waals surface area contributed by atoms with Crippen LogP contribution in [0.4, 0.5) is 0 Å². The van der Waals surface area contributed by atoms with Crippen molar-refractivity contribution in [1.29, 1.82) is 0 Å². The van der Waals surface area contributed by atoms with E-state index in [1.54, 1.807) is 0 Å². The summed E-state index contributed by atoms with van der Waals surface area (Å²) in [5.74, 6) is 1.28. The number of hydrogen-bond donors (Lipinski definition) is 0. The van der Waals surface area contributed by atoms with E-state index in [-0.39, 0.29) is 5.92 Å². The van der Waals surface area contributed by atoms with E-state index in [1.807, 2.05) is 36.4 Å². The van der Waals surface area contributed by atoms with Gasteiger partial charge in [0.1, 0.15) is 5.69 Å². The SMILES string of the molecule is CC(C)=CCN1C(=O)[C@H]2CC[C@@H]1CN(Cc1cc(-c3ccccc3)no1)C2. The second-order valence-corrected chi connectivity index (χ2v) is 7.94. The lowest BCUT2D eigenvalue weighted by molar-refractivity contribution is -0.139. The third-order valence-corrected chi connectivity index (χ3v) is 5.57. The highest BCUT2D eigenvalue weighted by molar-refractivity contribution is 5.80. The molecule has 2 aromatic rings. The molecule has 27 heavy (non-hydrogen) atoms. The Balaban J connectivity index is 1.46. The molecule has 3 aliphatic heterocycles. The van der Waals surface area contributed by atoms with Crippen LogP contribution < -0.4 is 0 Å². The molecule has 5 heteroatoms. The van der Waals surface area contributed by atoms with Crippen LogP contribution in [0.2, 0.25) is 0 Å². The van der Waals surface area contributed by atoms with Crippen LogP contribution in [0.25, 0.3) is 11.3 Å². The zero-order valence-corrected chi connectivity index (χ0v) is 16.1. The first kappa shape index (κ1) is 18.0. The van der Waals surface area contributed by atoms with Crippen molar-refractivity contribution in [1.82, 2.24) is 15.0 Å². The van der Waals surface area contributed by atoms with Gasteiger partial charge in [0.2, 0.25) is 5.91 Å². The number of benzene rings is 1. The van der Waals surface area contributed by atoms with Crippen molar-refractivity contribution >= 4 is 5.91 Å². The van der Waals surface area contributed by atoms with E-state index in [4.69, 9.17) is 4.52 Å². The van der Waals surface area contributed by atoms with Gasteiger partial charge in [0, 0.05) is 37.3 Å². The number of allylic oxidation sites excluding steroid dienone is 1. The number of carbonyl (C=O) groups is 1. The van der Waals surface area contributed by atoms with Crippen molar-refractivity contribution in [3.8, 4) is 11.3 Å². The maximum Gasteiger partial charge on any atom is 0.227 e. The molecule has 1 aromatic carbocycles. The number of nitrogens with zero attached hydrogens (tertiary/aromatic N) is 3. The summed E-state index contributed by atoms with van der Waals surface area (Å²) >= 11 is 0. The van der Waals surface area contributed by atoms with Crippen LogP contribution in [0.15, 0.2) is 52.6 Å². The second-order valence-electron chi connectivity index (χ2n) is 7.94. The fourth-order valence-corrected chi connectivity index (χ4v) is 4.13. The highest BCUT2D eigenvalue weighted by Gasteiger charge is 2.40. The molecule has 0 N–H and O–H groups in total. The molecule has 0 radical (unpaired) electrons. The molecule has 0 spiro atoms. The van der Waals surface area contributed by atoms with Crippen molar-refractivity contribution in [2.45, 2.75) is 39.3 Å². The van der Waals surface area contributed by atoms with Gasteiger partial charge in [0.25, 0.3) is 0 Å². The van der Waals surface area contributed by atoms with E-state index < -0.39 is 0 Å². The summed E-state index contributed by atoms with van der Waals surface area (Å²) in [6, 6.07) is 12.4. The molecule has 0 unspecified atom stereocenters. The largest absolute Gasteiger partial charge is 0.359 e. The van der Waals surface area contributed by atoms with E-state index in [2.05, 4.69) is 34.9 Å². The molecular formula is C22H27N3O2. The molecule has 4 heterocycles. The molecule has 2 bridgehead atoms. The van der Waals surface area contributed by atoms with Gasteiger partial charge < -0.3 is 9.42 Å². The van der Waals surface area contributed by atoms with Gasteiger partial charge in [-0.05, 0) is 26.7 Å². The fraction of sp³-hybridized carbons (Fsp3) is 0.455. The van der Waals surface area contributed by atoms with E-state index in [0.29, 0.717) is 18.5 Å². The molecule has 5 nitrogen and oxygen atoms in total. The minimum atomic E-state index is 0.103. The second kappa shape index (κ2) is 7.69. The molecule has 3 aliphatic rings. The standard InChI is InChI=1S/C22H27N3O2/c1-16(2)10-11-25-19-9-8-18(22(25)26)13-24(14-19)15-20-12-21(23-27-20)17-6-4-3-5-7-17/h3-7,10,12,18-19H,8-9,11,13-15H2,1-2H3/t18-,19+/m0/s1. The van der Waals surface area contributed by atoms with Gasteiger partial charge in [-0.2, -0.15) is 0 Å². The maximum atomic E-state index is 12.8. The van der Waals surface area contributed by atoms with Crippen LogP contribution in [0.1, 0.15) is 32.4 Å². The Morgan fingerprint density at radius 3 is 2.81 bits per heavy atom. The Kier molecular flexibility index (Phi) is 5.12. The highest BCUT2D eigenvalue weighted by Crippen LogP contribution is 2.30. The van der Waals surface area contributed by atoms with Crippen molar-refractivity contribution in [2.24, 2.45) is 5.92 Å². The van der Waals surface area contributed by atoms with Gasteiger partial charge in [-0.3, -0.25) is 9.69 Å². The molecular weight excluding hydrogens is 338 g/mol. The van der Waals surface area contributed by atoms with Gasteiger partial charge in [-0.25, -0.2) is 0 Å². The van der Waals surface area contributed by atoms with Crippen LogP contribution in [-0.2, 0) is 11.3 Å². The molecule has 0 aliphatic carbocycles. The van der Waals surface area contributed by atoms with Gasteiger partial charge in [0.05, 0.1) is 12.5 Å². The third-order valence-electron chi connectivity index (χ3n) is 5.57. The molecule has 3 fully saturated rings. The van der Waals surface area contributed by atoms with E-state index >= 15 is 0 Å². The van der Waals surface area contributed by atoms with E-state index in [9.17, 15) is 4.79 Å². The maximum absolute atomic E-state index is 12.8. The Morgan fingerprint density at radius 1 is 1.22 bits per heavy atom. The molecule has 0 saturated carbocycles. The predicted molar refractivity (Wildman–Crippen MR) is 105 cm³/mol. The third kappa shape index (κ3) is 3.98. The van der Waals surface area contributed by atoms with Gasteiger partial charge >= 0.3 is 0 Å². The fourth-order valence-electron chi connectivity index (χ4n) is 4.13. The summed E-state index contributed by atoms with van der Waals surface area (Å²) in [6.07, 6.45) is 4.25. The zero-order valence-electron chi connectivity index (χ0n) is 16.1. The molecule has 142 valence electrons. The number of amides is 1. The normalized spacial score (nSPS) is 22.7. The highest BCUT2D eigenvalue weighted by atomic mass is 16.5. The number of piperidine rings is 1. The molecule has 5 rings (SSSR count). The first-order chi connectivity index (χ1) is 13.1. The topological polar surface area (TPSA) is 49.6 Å². The number of fused-ring (bicyclic) bond motifs is 4. The Hall–Kier alpha value is -2.40. The number of carbonyl (C=O) groups excluding carboxylic acids is 1. The lowest BCUT2D eigenvalue weighted by Crippen LogP contribution is -2.47. The predicted octanol–water partition coefficient (Wildman–Crippen LogP) is 3.73. The van der Waals surface area contributed by atoms with Crippen LogP contribution >= 0.6 is 0 Å². The summed E-state index contributed by atoms with van der Waals surface area (Å²) in [6.45, 7) is 7.32. The Bertz CT molecular complexity index is 823. The summed E-state index contributed by atoms with van der Waals surface area (Å²) < 4.78 is 5.59. The van der Waals surface area contributed by atoms with Crippen molar-refractivity contribution in [2.75, 3.05) is 19.6 Å². The van der Waals surface area contributed by atoms with Gasteiger partial charge in [-0.15, -0.1) is 0 Å². The van der Waals surface area contributed by atoms with Gasteiger partial charge in [0.15, 0.2) is 5.76 Å². The van der Waals surface area contributed by atoms with Crippen LogP contribution in [0.5, 0.6) is 0 Å². The summed E-state index contributed by atoms with van der Waals surface area (Å²) in [4.78, 5) is 17.3. The molecule has 1 aromatic heterocycles. The minimum absolute atomic E-state index is 0.103. The first-order valence-corrected chi connectivity index (χ1v) is 9.77. The average Bonchev–Trinajstić information content (AvgIpc) is 2.97. The lowest BCUT2D eigenvalue weighted by atomic mass is 9.94. The summed E-state index contributed by atoms with van der Waals surface area (Å²) in [7, 11) is 0. The zero-order chi connectivity index (χ0) is 18.8. The minimum Gasteiger partial charge on any atom is -0.359 e. The number of rotatable bonds is 5. The van der Waals surface area contributed by atoms with Crippen LogP contribution in [-0.4, -0.2) is 46.5 Å². The molecule has 2 atom stereocenters. The summed E-state index contributed by atoms with van der Waals surface area (Å²) in [5.41, 5.74) is 3.19. The Labute approximate surface area is 160 Å². The number of hydrogen-bond acceptors (Lipinski definition) is 4. The van der Waals surface area contributed by atoms with Crippen LogP contribution in [0, 0.1) is 5.92 Å². The number of aromatic nitrogens is 1. The van der Waals surface area contributed by atoms with Crippen molar-refractivity contribution < 1.29 is 9.32 Å². The van der Waals surface area contributed by atoms with E-state index in [0.717, 1.165) is 49.5 Å². The molecule has 3 saturated heterocycles. The summed E-state index contributed by atoms with van der Waals surface area (Å²) in [5, 5.41) is 4.22. The monoisotopic (exact) mass is 365 g/mol. The van der Waals surface area contributed by atoms with E-state index in [1.165, 1.54) is 5.57 Å². The van der Waals surface area contributed by atoms with Crippen molar-refractivity contribution in [3.63, 3.8) is 0 Å². The quantitative estimate of drug-likeness (QED) is 0.758. The van der Waals surface area contributed by atoms with Crippen molar-refractivity contribution in [3.05, 3.63) is 53.8 Å². The molecule has 1 amide bonds. The smallest absolute Gasteiger partial charge is 0.227 e. The lowest BCUT2D eigenvalue weighted by Gasteiger charge is -2.35. The first-order valence-electron chi connectivity index (χ1n) is 9.77.